The molecule has 6 nitrogen and oxygen atoms in total. The number of hydrogen-bond acceptors (Lipinski definition) is 5. The van der Waals surface area contributed by atoms with Crippen LogP contribution < -0.4 is 0 Å². The fourth-order valence-electron chi connectivity index (χ4n) is 2.05. The number of fused-ring (bicyclic) bond motifs is 1. The highest BCUT2D eigenvalue weighted by Crippen LogP contribution is 2.14. The molecule has 0 aliphatic heterocycles. The summed E-state index contributed by atoms with van der Waals surface area (Å²) in [6.07, 6.45) is 5.52. The van der Waals surface area contributed by atoms with Gasteiger partial charge >= 0.3 is 5.97 Å². The molecular weight excluding hydrogens is 296 g/mol. The maximum Gasteiger partial charge on any atom is 0.356 e. The number of esters is 1. The molecule has 124 valence electrons. The van der Waals surface area contributed by atoms with Crippen LogP contribution in [0.5, 0.6) is 0 Å². The van der Waals surface area contributed by atoms with Gasteiger partial charge in [-0.25, -0.2) is 9.78 Å². The van der Waals surface area contributed by atoms with Gasteiger partial charge < -0.3 is 14.6 Å². The third-order valence-corrected chi connectivity index (χ3v) is 2.94. The summed E-state index contributed by atoms with van der Waals surface area (Å²) in [7, 11) is 0. The fraction of sp³-hybridized carbons (Fsp3) is 0.412. The summed E-state index contributed by atoms with van der Waals surface area (Å²) in [6.45, 7) is 7.67. The lowest BCUT2D eigenvalue weighted by molar-refractivity contribution is -0.137. The Kier molecular flexibility index (Phi) is 5.18. The van der Waals surface area contributed by atoms with Crippen LogP contribution in [0.2, 0.25) is 0 Å². The Morgan fingerprint density at radius 2 is 2.17 bits per heavy atom. The summed E-state index contributed by atoms with van der Waals surface area (Å²) in [4.78, 5) is 16.1. The Balaban J connectivity index is 2.22. The van der Waals surface area contributed by atoms with E-state index in [-0.39, 0.29) is 0 Å². The number of nitrogens with zero attached hydrogens (tertiary/aromatic N) is 2. The van der Waals surface area contributed by atoms with Crippen molar-refractivity contribution in [2.45, 2.75) is 39.6 Å². The monoisotopic (exact) mass is 318 g/mol. The second-order valence-electron chi connectivity index (χ2n) is 6.03. The summed E-state index contributed by atoms with van der Waals surface area (Å²) in [5.74, 6) is -0.419. The molecule has 2 aromatic heterocycles. The molecule has 0 amide bonds. The summed E-state index contributed by atoms with van der Waals surface area (Å²) in [5, 5.41) is 9.83. The van der Waals surface area contributed by atoms with E-state index >= 15 is 0 Å². The van der Waals surface area contributed by atoms with E-state index < -0.39 is 17.9 Å². The van der Waals surface area contributed by atoms with Crippen LogP contribution in [-0.2, 0) is 9.47 Å². The maximum atomic E-state index is 11.9. The average molecular weight is 318 g/mol. The van der Waals surface area contributed by atoms with Crippen molar-refractivity contribution in [1.82, 2.24) is 9.38 Å². The van der Waals surface area contributed by atoms with E-state index in [1.807, 2.05) is 26.8 Å². The summed E-state index contributed by atoms with van der Waals surface area (Å²) in [5.41, 5.74) is 1.38. The van der Waals surface area contributed by atoms with Crippen molar-refractivity contribution >= 4 is 17.7 Å². The predicted octanol–water partition coefficient (Wildman–Crippen LogP) is 2.66. The zero-order chi connectivity index (χ0) is 17.0. The van der Waals surface area contributed by atoms with Crippen LogP contribution in [0.25, 0.3) is 11.7 Å². The molecule has 0 radical (unpaired) electrons. The molecular formula is C17H22N2O4. The summed E-state index contributed by atoms with van der Waals surface area (Å²) < 4.78 is 12.1. The van der Waals surface area contributed by atoms with Gasteiger partial charge in [0.2, 0.25) is 0 Å². The topological polar surface area (TPSA) is 73.1 Å². The molecule has 2 rings (SSSR count). The third kappa shape index (κ3) is 4.64. The molecule has 0 aliphatic rings. The molecule has 0 saturated carbocycles. The molecule has 0 aliphatic carbocycles. The van der Waals surface area contributed by atoms with Crippen LogP contribution in [0.4, 0.5) is 0 Å². The highest BCUT2D eigenvalue weighted by molar-refractivity contribution is 5.88. The van der Waals surface area contributed by atoms with E-state index in [4.69, 9.17) is 9.47 Å². The van der Waals surface area contributed by atoms with Crippen LogP contribution in [0.15, 0.2) is 30.6 Å². The number of pyridine rings is 1. The zero-order valence-corrected chi connectivity index (χ0v) is 13.8. The SMILES string of the molecule is CCOC(=O)c1cnc2ccc(/C=C/C(O)OC(C)(C)C)cn12. The maximum absolute atomic E-state index is 11.9. The van der Waals surface area contributed by atoms with Crippen LogP contribution in [-0.4, -0.2) is 39.0 Å². The van der Waals surface area contributed by atoms with Gasteiger partial charge in [0, 0.05) is 6.20 Å². The van der Waals surface area contributed by atoms with Crippen LogP contribution in [0, 0.1) is 0 Å². The normalized spacial score (nSPS) is 13.6. The minimum atomic E-state index is -1.00. The standard InChI is InChI=1S/C17H22N2O4/c1-5-22-16(21)13-10-18-14-8-6-12(11-19(13)14)7-9-15(20)23-17(2,3)4/h6-11,15,20H,5H2,1-4H3/b9-7+. The molecule has 1 unspecified atom stereocenters. The number of imidazole rings is 1. The van der Waals surface area contributed by atoms with Crippen molar-refractivity contribution in [3.8, 4) is 0 Å². The van der Waals surface area contributed by atoms with Crippen LogP contribution >= 0.6 is 0 Å². The van der Waals surface area contributed by atoms with Crippen molar-refractivity contribution in [2.75, 3.05) is 6.61 Å². The molecule has 2 aromatic rings. The Bertz CT molecular complexity index is 713. The van der Waals surface area contributed by atoms with Gasteiger partial charge in [-0.3, -0.25) is 4.40 Å². The third-order valence-electron chi connectivity index (χ3n) is 2.94. The first-order valence-electron chi connectivity index (χ1n) is 7.48. The van der Waals surface area contributed by atoms with Gasteiger partial charge in [-0.1, -0.05) is 6.08 Å². The van der Waals surface area contributed by atoms with Crippen molar-refractivity contribution in [3.05, 3.63) is 41.9 Å². The van der Waals surface area contributed by atoms with E-state index in [0.29, 0.717) is 17.9 Å². The number of aliphatic hydroxyl groups excluding tert-OH is 1. The van der Waals surface area contributed by atoms with Gasteiger partial charge in [-0.05, 0) is 51.5 Å². The lowest BCUT2D eigenvalue weighted by Gasteiger charge is -2.21. The van der Waals surface area contributed by atoms with Crippen LogP contribution in [0.1, 0.15) is 43.7 Å². The van der Waals surface area contributed by atoms with E-state index in [1.54, 1.807) is 35.7 Å². The average Bonchev–Trinajstić information content (AvgIpc) is 2.86. The highest BCUT2D eigenvalue weighted by atomic mass is 16.6. The van der Waals surface area contributed by atoms with Gasteiger partial charge in [0.1, 0.15) is 5.65 Å². The molecule has 1 N–H and O–H groups in total. The van der Waals surface area contributed by atoms with E-state index in [0.717, 1.165) is 5.56 Å². The number of ether oxygens (including phenoxy) is 2. The largest absolute Gasteiger partial charge is 0.461 e. The molecule has 0 fully saturated rings. The second-order valence-corrected chi connectivity index (χ2v) is 6.03. The van der Waals surface area contributed by atoms with Gasteiger partial charge in [-0.2, -0.15) is 0 Å². The minimum Gasteiger partial charge on any atom is -0.461 e. The summed E-state index contributed by atoms with van der Waals surface area (Å²) >= 11 is 0. The number of aromatic nitrogens is 2. The number of aliphatic hydroxyl groups is 1. The molecule has 1 atom stereocenters. The number of carbonyl (C=O) groups is 1. The Hall–Kier alpha value is -2.18. The molecule has 0 bridgehead atoms. The van der Waals surface area contributed by atoms with Gasteiger partial charge in [-0.15, -0.1) is 0 Å². The molecule has 2 heterocycles. The fourth-order valence-corrected chi connectivity index (χ4v) is 2.05. The molecule has 23 heavy (non-hydrogen) atoms. The van der Waals surface area contributed by atoms with Crippen molar-refractivity contribution < 1.29 is 19.4 Å². The number of rotatable bonds is 5. The molecule has 0 saturated heterocycles. The van der Waals surface area contributed by atoms with E-state index in [9.17, 15) is 9.90 Å². The molecule has 6 heteroatoms. The first kappa shape index (κ1) is 17.2. The van der Waals surface area contributed by atoms with Crippen LogP contribution in [0.3, 0.4) is 0 Å². The first-order chi connectivity index (χ1) is 10.8. The predicted molar refractivity (Wildman–Crippen MR) is 87.0 cm³/mol. The quantitative estimate of drug-likeness (QED) is 0.678. The smallest absolute Gasteiger partial charge is 0.356 e. The minimum absolute atomic E-state index is 0.308. The van der Waals surface area contributed by atoms with Crippen molar-refractivity contribution in [1.29, 1.82) is 0 Å². The second kappa shape index (κ2) is 6.93. The van der Waals surface area contributed by atoms with Gasteiger partial charge in [0.25, 0.3) is 0 Å². The van der Waals surface area contributed by atoms with Gasteiger partial charge in [0.15, 0.2) is 12.0 Å². The zero-order valence-electron chi connectivity index (χ0n) is 13.8. The molecule has 0 aromatic carbocycles. The Morgan fingerprint density at radius 3 is 2.83 bits per heavy atom. The number of hydrogen-bond donors (Lipinski definition) is 1. The summed E-state index contributed by atoms with van der Waals surface area (Å²) in [6, 6.07) is 3.64. The molecule has 0 spiro atoms. The van der Waals surface area contributed by atoms with E-state index in [2.05, 4.69) is 4.98 Å². The lowest BCUT2D eigenvalue weighted by Crippen LogP contribution is -2.25. The number of carbonyl (C=O) groups excluding carboxylic acids is 1. The lowest BCUT2D eigenvalue weighted by atomic mass is 10.2. The Labute approximate surface area is 135 Å². The highest BCUT2D eigenvalue weighted by Gasteiger charge is 2.15. The van der Waals surface area contributed by atoms with E-state index in [1.165, 1.54) is 6.20 Å². The van der Waals surface area contributed by atoms with Crippen molar-refractivity contribution in [3.63, 3.8) is 0 Å². The van der Waals surface area contributed by atoms with Gasteiger partial charge in [0.05, 0.1) is 18.4 Å². The van der Waals surface area contributed by atoms with Crippen molar-refractivity contribution in [2.24, 2.45) is 0 Å². The Morgan fingerprint density at radius 1 is 1.43 bits per heavy atom. The first-order valence-corrected chi connectivity index (χ1v) is 7.48.